The fourth-order valence-corrected chi connectivity index (χ4v) is 3.30. The third-order valence-corrected chi connectivity index (χ3v) is 4.73. The number of hydrogen-bond donors (Lipinski definition) is 1. The van der Waals surface area contributed by atoms with Crippen molar-refractivity contribution >= 4 is 40.8 Å². The highest BCUT2D eigenvalue weighted by atomic mass is 35.5. The summed E-state index contributed by atoms with van der Waals surface area (Å²) in [6.07, 6.45) is 0.0127. The van der Waals surface area contributed by atoms with Gasteiger partial charge in [0.1, 0.15) is 5.75 Å². The Morgan fingerprint density at radius 2 is 1.90 bits per heavy atom. The molecular weight excluding hydrogens is 396 g/mol. The molecule has 1 N–H and O–H groups in total. The minimum absolute atomic E-state index is 0.0127. The normalized spacial score (nSPS) is 15.9. The van der Waals surface area contributed by atoms with E-state index in [1.807, 2.05) is 6.92 Å². The Kier molecular flexibility index (Phi) is 6.72. The van der Waals surface area contributed by atoms with Gasteiger partial charge in [-0.3, -0.25) is 14.4 Å². The second kappa shape index (κ2) is 9.43. The molecule has 1 atom stereocenters. The molecule has 3 rings (SSSR count). The van der Waals surface area contributed by atoms with Crippen molar-refractivity contribution in [2.45, 2.75) is 13.3 Å². The molecule has 0 unspecified atom stereocenters. The van der Waals surface area contributed by atoms with E-state index in [9.17, 15) is 14.4 Å². The van der Waals surface area contributed by atoms with Crippen molar-refractivity contribution in [2.24, 2.45) is 5.92 Å². The summed E-state index contributed by atoms with van der Waals surface area (Å²) in [5.74, 6) is -1.41. The van der Waals surface area contributed by atoms with Crippen molar-refractivity contribution < 1.29 is 23.9 Å². The fraction of sp³-hybridized carbons (Fsp3) is 0.286. The molecular formula is C21H21ClN2O5. The van der Waals surface area contributed by atoms with Crippen molar-refractivity contribution in [1.82, 2.24) is 0 Å². The van der Waals surface area contributed by atoms with E-state index in [-0.39, 0.29) is 18.9 Å². The monoisotopic (exact) mass is 416 g/mol. The highest BCUT2D eigenvalue weighted by molar-refractivity contribution is 6.33. The first-order chi connectivity index (χ1) is 14.0. The van der Waals surface area contributed by atoms with Crippen LogP contribution < -0.4 is 15.0 Å². The van der Waals surface area contributed by atoms with E-state index in [1.165, 1.54) is 4.90 Å². The number of hydrogen-bond acceptors (Lipinski definition) is 5. The third kappa shape index (κ3) is 5.06. The van der Waals surface area contributed by atoms with Crippen LogP contribution in [0.4, 0.5) is 11.4 Å². The van der Waals surface area contributed by atoms with E-state index >= 15 is 0 Å². The smallest absolute Gasteiger partial charge is 0.311 e. The molecule has 152 valence electrons. The standard InChI is InChI=1S/C21H21ClN2O5/c1-2-28-18-10-6-4-8-16(18)23-19(25)13-29-21(27)14-11-20(26)24(12-14)17-9-5-3-7-15(17)22/h3-10,14H,2,11-13H2,1H3,(H,23,25)/t14-/m1/s1. The van der Waals surface area contributed by atoms with Crippen molar-refractivity contribution in [2.75, 3.05) is 30.0 Å². The van der Waals surface area contributed by atoms with Crippen LogP contribution in [0, 0.1) is 5.92 Å². The maximum atomic E-state index is 12.3. The van der Waals surface area contributed by atoms with Gasteiger partial charge in [0.15, 0.2) is 6.61 Å². The number of para-hydroxylation sites is 3. The van der Waals surface area contributed by atoms with Crippen molar-refractivity contribution in [1.29, 1.82) is 0 Å². The molecule has 2 aromatic rings. The Bertz CT molecular complexity index is 917. The summed E-state index contributed by atoms with van der Waals surface area (Å²) >= 11 is 6.14. The highest BCUT2D eigenvalue weighted by Crippen LogP contribution is 2.31. The van der Waals surface area contributed by atoms with E-state index in [0.717, 1.165) is 0 Å². The zero-order chi connectivity index (χ0) is 20.8. The first-order valence-corrected chi connectivity index (χ1v) is 9.60. The van der Waals surface area contributed by atoms with Crippen molar-refractivity contribution in [3.63, 3.8) is 0 Å². The van der Waals surface area contributed by atoms with Gasteiger partial charge in [0, 0.05) is 13.0 Å². The molecule has 29 heavy (non-hydrogen) atoms. The maximum absolute atomic E-state index is 12.3. The van der Waals surface area contributed by atoms with E-state index in [4.69, 9.17) is 21.1 Å². The lowest BCUT2D eigenvalue weighted by atomic mass is 10.1. The zero-order valence-electron chi connectivity index (χ0n) is 15.9. The number of benzene rings is 2. The Morgan fingerprint density at radius 3 is 2.66 bits per heavy atom. The Hall–Kier alpha value is -3.06. The van der Waals surface area contributed by atoms with Gasteiger partial charge in [-0.05, 0) is 31.2 Å². The predicted octanol–water partition coefficient (Wildman–Crippen LogP) is 3.27. The van der Waals surface area contributed by atoms with Crippen LogP contribution in [0.2, 0.25) is 5.02 Å². The van der Waals surface area contributed by atoms with Crippen LogP contribution in [0.3, 0.4) is 0 Å². The lowest BCUT2D eigenvalue weighted by Crippen LogP contribution is -2.28. The largest absolute Gasteiger partial charge is 0.492 e. The third-order valence-electron chi connectivity index (χ3n) is 4.41. The van der Waals surface area contributed by atoms with Gasteiger partial charge in [0.2, 0.25) is 5.91 Å². The molecule has 2 aromatic carbocycles. The minimum atomic E-state index is -0.651. The van der Waals surface area contributed by atoms with Gasteiger partial charge < -0.3 is 19.7 Å². The van der Waals surface area contributed by atoms with Gasteiger partial charge in [-0.15, -0.1) is 0 Å². The van der Waals surface area contributed by atoms with Crippen LogP contribution in [0.1, 0.15) is 13.3 Å². The number of nitrogens with one attached hydrogen (secondary N) is 1. The van der Waals surface area contributed by atoms with Gasteiger partial charge in [-0.1, -0.05) is 35.9 Å². The SMILES string of the molecule is CCOc1ccccc1NC(=O)COC(=O)[C@@H]1CC(=O)N(c2ccccc2Cl)C1. The molecule has 0 aromatic heterocycles. The number of carbonyl (C=O) groups excluding carboxylic acids is 3. The Balaban J connectivity index is 1.54. The lowest BCUT2D eigenvalue weighted by molar-refractivity contribution is -0.151. The van der Waals surface area contributed by atoms with Gasteiger partial charge in [-0.25, -0.2) is 0 Å². The fourth-order valence-electron chi connectivity index (χ4n) is 3.06. The average Bonchev–Trinajstić information content (AvgIpc) is 3.10. The summed E-state index contributed by atoms with van der Waals surface area (Å²) in [5.41, 5.74) is 1.05. The molecule has 0 radical (unpaired) electrons. The van der Waals surface area contributed by atoms with E-state index in [0.29, 0.717) is 28.8 Å². The highest BCUT2D eigenvalue weighted by Gasteiger charge is 2.37. The number of amides is 2. The molecule has 0 bridgehead atoms. The van der Waals surface area contributed by atoms with Crippen LogP contribution >= 0.6 is 11.6 Å². The summed E-state index contributed by atoms with van der Waals surface area (Å²) in [6, 6.07) is 13.9. The molecule has 1 fully saturated rings. The molecule has 7 nitrogen and oxygen atoms in total. The van der Waals surface area contributed by atoms with Gasteiger partial charge in [0.05, 0.1) is 28.9 Å². The topological polar surface area (TPSA) is 84.9 Å². The molecule has 0 saturated carbocycles. The molecule has 1 heterocycles. The first kappa shape index (κ1) is 20.7. The van der Waals surface area contributed by atoms with Gasteiger partial charge >= 0.3 is 5.97 Å². The van der Waals surface area contributed by atoms with Crippen LogP contribution in [0.25, 0.3) is 0 Å². The molecule has 1 aliphatic heterocycles. The van der Waals surface area contributed by atoms with Crippen LogP contribution in [-0.2, 0) is 19.1 Å². The quantitative estimate of drug-likeness (QED) is 0.700. The summed E-state index contributed by atoms with van der Waals surface area (Å²) in [6.45, 7) is 2.01. The number of esters is 1. The van der Waals surface area contributed by atoms with Crippen LogP contribution in [0.5, 0.6) is 5.75 Å². The number of halogens is 1. The molecule has 1 aliphatic rings. The predicted molar refractivity (Wildman–Crippen MR) is 109 cm³/mol. The Morgan fingerprint density at radius 1 is 1.17 bits per heavy atom. The lowest BCUT2D eigenvalue weighted by Gasteiger charge is -2.17. The average molecular weight is 417 g/mol. The van der Waals surface area contributed by atoms with Crippen LogP contribution in [-0.4, -0.2) is 37.5 Å². The summed E-state index contributed by atoms with van der Waals surface area (Å²) in [5, 5.41) is 3.09. The van der Waals surface area contributed by atoms with E-state index in [1.54, 1.807) is 48.5 Å². The number of nitrogens with zero attached hydrogens (tertiary/aromatic N) is 1. The number of anilines is 2. The van der Waals surface area contributed by atoms with Crippen LogP contribution in [0.15, 0.2) is 48.5 Å². The first-order valence-electron chi connectivity index (χ1n) is 9.22. The molecule has 8 heteroatoms. The Labute approximate surface area is 173 Å². The van der Waals surface area contributed by atoms with E-state index in [2.05, 4.69) is 5.32 Å². The van der Waals surface area contributed by atoms with Gasteiger partial charge in [0.25, 0.3) is 5.91 Å². The summed E-state index contributed by atoms with van der Waals surface area (Å²) in [4.78, 5) is 38.2. The molecule has 1 saturated heterocycles. The maximum Gasteiger partial charge on any atom is 0.311 e. The molecule has 2 amide bonds. The minimum Gasteiger partial charge on any atom is -0.492 e. The zero-order valence-corrected chi connectivity index (χ0v) is 16.6. The summed E-state index contributed by atoms with van der Waals surface area (Å²) in [7, 11) is 0. The number of rotatable bonds is 7. The van der Waals surface area contributed by atoms with Gasteiger partial charge in [-0.2, -0.15) is 0 Å². The summed E-state index contributed by atoms with van der Waals surface area (Å²) < 4.78 is 10.6. The number of carbonyl (C=O) groups is 3. The number of ether oxygens (including phenoxy) is 2. The van der Waals surface area contributed by atoms with E-state index < -0.39 is 24.4 Å². The molecule has 0 aliphatic carbocycles. The van der Waals surface area contributed by atoms with Crippen molar-refractivity contribution in [3.8, 4) is 5.75 Å². The second-order valence-electron chi connectivity index (χ2n) is 6.44. The second-order valence-corrected chi connectivity index (χ2v) is 6.85. The molecule has 0 spiro atoms. The van der Waals surface area contributed by atoms with Crippen molar-refractivity contribution in [3.05, 3.63) is 53.6 Å².